The van der Waals surface area contributed by atoms with Crippen LogP contribution in [0.4, 0.5) is 5.69 Å². The Hall–Kier alpha value is -1.95. The van der Waals surface area contributed by atoms with Crippen molar-refractivity contribution in [3.05, 3.63) is 70.9 Å². The minimum absolute atomic E-state index is 0.138. The van der Waals surface area contributed by atoms with Crippen LogP contribution < -0.4 is 4.72 Å². The average Bonchev–Trinajstić information content (AvgIpc) is 3.05. The Morgan fingerprint density at radius 2 is 1.65 bits per heavy atom. The number of anilines is 1. The molecule has 2 aromatic carbocycles. The summed E-state index contributed by atoms with van der Waals surface area (Å²) in [4.78, 5) is 0.138. The summed E-state index contributed by atoms with van der Waals surface area (Å²) in [5, 5.41) is 0.637. The molecule has 1 N–H and O–H groups in total. The quantitative estimate of drug-likeness (QED) is 0.701. The molecule has 0 unspecified atom stereocenters. The lowest BCUT2D eigenvalue weighted by Crippen LogP contribution is -2.12. The van der Waals surface area contributed by atoms with Crippen molar-refractivity contribution in [3.8, 4) is 11.3 Å². The maximum absolute atomic E-state index is 12.4. The van der Waals surface area contributed by atoms with E-state index < -0.39 is 10.0 Å². The van der Waals surface area contributed by atoms with E-state index in [1.807, 2.05) is 0 Å². The van der Waals surface area contributed by atoms with Gasteiger partial charge in [0.15, 0.2) is 0 Å². The average molecular weight is 368 g/mol. The second kappa shape index (κ2) is 6.28. The number of hydrogen-bond acceptors (Lipinski definition) is 3. The van der Waals surface area contributed by atoms with Crippen LogP contribution in [0, 0.1) is 0 Å². The molecule has 1 aromatic heterocycles. The second-order valence-corrected chi connectivity index (χ2v) is 7.23. The van der Waals surface area contributed by atoms with Gasteiger partial charge in [0.2, 0.25) is 0 Å². The summed E-state index contributed by atoms with van der Waals surface area (Å²) in [6.07, 6.45) is 1.56. The van der Waals surface area contributed by atoms with Crippen LogP contribution in [-0.2, 0) is 10.0 Å². The highest BCUT2D eigenvalue weighted by Crippen LogP contribution is 2.27. The van der Waals surface area contributed by atoms with Crippen LogP contribution in [0.5, 0.6) is 0 Å². The van der Waals surface area contributed by atoms with Gasteiger partial charge in [0.1, 0.15) is 5.76 Å². The van der Waals surface area contributed by atoms with Crippen molar-refractivity contribution in [3.63, 3.8) is 0 Å². The van der Waals surface area contributed by atoms with Gasteiger partial charge in [-0.05, 0) is 54.6 Å². The lowest BCUT2D eigenvalue weighted by atomic mass is 10.2. The Morgan fingerprint density at radius 1 is 0.913 bits per heavy atom. The Labute approximate surface area is 143 Å². The molecule has 23 heavy (non-hydrogen) atoms. The van der Waals surface area contributed by atoms with Gasteiger partial charge in [-0.3, -0.25) is 4.72 Å². The number of sulfonamides is 1. The summed E-state index contributed by atoms with van der Waals surface area (Å²) in [6.45, 7) is 0. The van der Waals surface area contributed by atoms with Crippen LogP contribution in [0.15, 0.2) is 70.2 Å². The highest BCUT2D eigenvalue weighted by Gasteiger charge is 2.15. The molecule has 118 valence electrons. The predicted molar refractivity (Wildman–Crippen MR) is 91.4 cm³/mol. The van der Waals surface area contributed by atoms with Crippen LogP contribution in [0.25, 0.3) is 11.3 Å². The SMILES string of the molecule is O=S(=O)(Nc1ccc(Cl)c(Cl)c1)c1ccc(-c2ccco2)cc1. The molecule has 0 radical (unpaired) electrons. The predicted octanol–water partition coefficient (Wildman–Crippen LogP) is 5.05. The van der Waals surface area contributed by atoms with Crippen molar-refractivity contribution in [2.24, 2.45) is 0 Å². The molecule has 0 spiro atoms. The van der Waals surface area contributed by atoms with Crippen molar-refractivity contribution >= 4 is 38.9 Å². The Bertz CT molecular complexity index is 920. The number of furan rings is 1. The van der Waals surface area contributed by atoms with Crippen LogP contribution in [0.2, 0.25) is 10.0 Å². The molecule has 7 heteroatoms. The Kier molecular flexibility index (Phi) is 4.35. The molecular formula is C16H11Cl2NO3S. The summed E-state index contributed by atoms with van der Waals surface area (Å²) in [7, 11) is -3.71. The standard InChI is InChI=1S/C16H11Cl2NO3S/c17-14-8-5-12(10-15(14)18)19-23(20,21)13-6-3-11(4-7-13)16-2-1-9-22-16/h1-10,19H. The van der Waals surface area contributed by atoms with Crippen molar-refractivity contribution in [2.75, 3.05) is 4.72 Å². The summed E-state index contributed by atoms with van der Waals surface area (Å²) in [5.74, 6) is 0.673. The zero-order valence-corrected chi connectivity index (χ0v) is 14.0. The molecule has 0 fully saturated rings. The third kappa shape index (κ3) is 3.52. The van der Waals surface area contributed by atoms with Gasteiger partial charge in [-0.1, -0.05) is 23.2 Å². The van der Waals surface area contributed by atoms with Gasteiger partial charge in [0, 0.05) is 5.56 Å². The Balaban J connectivity index is 1.86. The van der Waals surface area contributed by atoms with E-state index in [1.54, 1.807) is 36.6 Å². The lowest BCUT2D eigenvalue weighted by molar-refractivity contribution is 0.582. The molecular weight excluding hydrogens is 357 g/mol. The molecule has 0 aliphatic carbocycles. The van der Waals surface area contributed by atoms with E-state index in [2.05, 4.69) is 4.72 Å². The van der Waals surface area contributed by atoms with E-state index in [0.717, 1.165) is 5.56 Å². The molecule has 1 heterocycles. The van der Waals surface area contributed by atoms with Gasteiger partial charge < -0.3 is 4.42 Å². The molecule has 0 amide bonds. The number of hydrogen-bond donors (Lipinski definition) is 1. The minimum atomic E-state index is -3.71. The van der Waals surface area contributed by atoms with Crippen LogP contribution in [0.1, 0.15) is 0 Å². The fourth-order valence-corrected chi connectivity index (χ4v) is 3.36. The monoisotopic (exact) mass is 367 g/mol. The minimum Gasteiger partial charge on any atom is -0.464 e. The summed E-state index contributed by atoms with van der Waals surface area (Å²) >= 11 is 11.7. The molecule has 0 saturated heterocycles. The molecule has 3 rings (SSSR count). The van der Waals surface area contributed by atoms with E-state index in [0.29, 0.717) is 16.5 Å². The number of nitrogens with one attached hydrogen (secondary N) is 1. The molecule has 0 saturated carbocycles. The third-order valence-electron chi connectivity index (χ3n) is 3.14. The van der Waals surface area contributed by atoms with Gasteiger partial charge in [-0.25, -0.2) is 8.42 Å². The van der Waals surface area contributed by atoms with E-state index in [4.69, 9.17) is 27.6 Å². The first-order valence-electron chi connectivity index (χ1n) is 6.57. The van der Waals surface area contributed by atoms with Crippen LogP contribution in [-0.4, -0.2) is 8.42 Å². The second-order valence-electron chi connectivity index (χ2n) is 4.74. The van der Waals surface area contributed by atoms with E-state index >= 15 is 0 Å². The Morgan fingerprint density at radius 3 is 2.26 bits per heavy atom. The highest BCUT2D eigenvalue weighted by atomic mass is 35.5. The first kappa shape index (κ1) is 15.9. The maximum atomic E-state index is 12.4. The van der Waals surface area contributed by atoms with Gasteiger partial charge in [-0.15, -0.1) is 0 Å². The largest absolute Gasteiger partial charge is 0.464 e. The van der Waals surface area contributed by atoms with Crippen molar-refractivity contribution < 1.29 is 12.8 Å². The fraction of sp³-hybridized carbons (Fsp3) is 0. The fourth-order valence-electron chi connectivity index (χ4n) is 2.01. The first-order chi connectivity index (χ1) is 11.0. The first-order valence-corrected chi connectivity index (χ1v) is 8.81. The summed E-state index contributed by atoms with van der Waals surface area (Å²) < 4.78 is 32.5. The van der Waals surface area contributed by atoms with Crippen molar-refractivity contribution in [2.45, 2.75) is 4.90 Å². The molecule has 0 aliphatic rings. The van der Waals surface area contributed by atoms with E-state index in [9.17, 15) is 8.42 Å². The normalized spacial score (nSPS) is 11.4. The molecule has 0 bridgehead atoms. The molecule has 3 aromatic rings. The van der Waals surface area contributed by atoms with Crippen LogP contribution in [0.3, 0.4) is 0 Å². The van der Waals surface area contributed by atoms with E-state index in [1.165, 1.54) is 24.3 Å². The zero-order valence-electron chi connectivity index (χ0n) is 11.7. The van der Waals surface area contributed by atoms with E-state index in [-0.39, 0.29) is 9.92 Å². The van der Waals surface area contributed by atoms with Gasteiger partial charge in [0.05, 0.1) is 26.9 Å². The van der Waals surface area contributed by atoms with Gasteiger partial charge >= 0.3 is 0 Å². The van der Waals surface area contributed by atoms with Gasteiger partial charge in [-0.2, -0.15) is 0 Å². The highest BCUT2D eigenvalue weighted by molar-refractivity contribution is 7.92. The smallest absolute Gasteiger partial charge is 0.261 e. The number of rotatable bonds is 4. The number of halogens is 2. The topological polar surface area (TPSA) is 59.3 Å². The number of benzene rings is 2. The molecule has 0 aliphatic heterocycles. The summed E-state index contributed by atoms with van der Waals surface area (Å²) in [6, 6.07) is 14.5. The van der Waals surface area contributed by atoms with Crippen molar-refractivity contribution in [1.29, 1.82) is 0 Å². The van der Waals surface area contributed by atoms with Crippen molar-refractivity contribution in [1.82, 2.24) is 0 Å². The lowest BCUT2D eigenvalue weighted by Gasteiger charge is -2.09. The molecule has 4 nitrogen and oxygen atoms in total. The van der Waals surface area contributed by atoms with Crippen LogP contribution >= 0.6 is 23.2 Å². The maximum Gasteiger partial charge on any atom is 0.261 e. The zero-order chi connectivity index (χ0) is 16.4. The third-order valence-corrected chi connectivity index (χ3v) is 5.28. The molecule has 0 atom stereocenters. The van der Waals surface area contributed by atoms with Gasteiger partial charge in [0.25, 0.3) is 10.0 Å². The summed E-state index contributed by atoms with van der Waals surface area (Å²) in [5.41, 5.74) is 1.14.